The molecule has 118 valence electrons. The Bertz CT molecular complexity index is 458. The summed E-state index contributed by atoms with van der Waals surface area (Å²) in [5.41, 5.74) is 5.81. The van der Waals surface area contributed by atoms with Gasteiger partial charge in [-0.2, -0.15) is 0 Å². The van der Waals surface area contributed by atoms with Gasteiger partial charge >= 0.3 is 0 Å². The number of anilines is 2. The quantitative estimate of drug-likeness (QED) is 0.574. The van der Waals surface area contributed by atoms with Crippen LogP contribution in [0.2, 0.25) is 0 Å². The molecule has 1 aromatic heterocycles. The summed E-state index contributed by atoms with van der Waals surface area (Å²) >= 11 is 1.31. The van der Waals surface area contributed by atoms with Crippen LogP contribution >= 0.6 is 11.3 Å². The molecule has 5 N–H and O–H groups in total. The van der Waals surface area contributed by atoms with E-state index < -0.39 is 0 Å². The fourth-order valence-corrected chi connectivity index (χ4v) is 2.97. The van der Waals surface area contributed by atoms with Crippen LogP contribution in [0.3, 0.4) is 0 Å². The van der Waals surface area contributed by atoms with Crippen LogP contribution in [0.15, 0.2) is 0 Å². The standard InChI is InChI=1S/C13H24N6OS/c1-2-3-17-13-18-11(14)10(21-13)12(20)16-6-9-19-7-4-15-5-8-19/h15H,2-9,14H2,1H3,(H,16,20)(H,17,18). The minimum Gasteiger partial charge on any atom is -0.382 e. The number of nitrogens with two attached hydrogens (primary N) is 1. The molecule has 8 heteroatoms. The lowest BCUT2D eigenvalue weighted by atomic mass is 10.3. The zero-order valence-electron chi connectivity index (χ0n) is 12.4. The Balaban J connectivity index is 1.78. The van der Waals surface area contributed by atoms with Crippen molar-refractivity contribution in [3.63, 3.8) is 0 Å². The van der Waals surface area contributed by atoms with Gasteiger partial charge in [0.1, 0.15) is 10.7 Å². The van der Waals surface area contributed by atoms with Gasteiger partial charge in [0.15, 0.2) is 5.13 Å². The Morgan fingerprint density at radius 1 is 1.43 bits per heavy atom. The molecule has 2 heterocycles. The van der Waals surface area contributed by atoms with E-state index in [9.17, 15) is 4.79 Å². The number of carbonyl (C=O) groups is 1. The van der Waals surface area contributed by atoms with Crippen LogP contribution in [-0.4, -0.2) is 61.6 Å². The average Bonchev–Trinajstić information content (AvgIpc) is 2.87. The lowest BCUT2D eigenvalue weighted by molar-refractivity contribution is 0.0952. The minimum atomic E-state index is -0.135. The van der Waals surface area contributed by atoms with Crippen molar-refractivity contribution in [1.29, 1.82) is 0 Å². The Morgan fingerprint density at radius 2 is 2.19 bits per heavy atom. The molecule has 1 saturated heterocycles. The second-order valence-electron chi connectivity index (χ2n) is 5.01. The normalized spacial score (nSPS) is 15.9. The van der Waals surface area contributed by atoms with E-state index >= 15 is 0 Å². The monoisotopic (exact) mass is 312 g/mol. The van der Waals surface area contributed by atoms with Gasteiger partial charge < -0.3 is 21.7 Å². The molecule has 1 amide bonds. The molecule has 21 heavy (non-hydrogen) atoms. The Kier molecular flexibility index (Phi) is 6.21. The van der Waals surface area contributed by atoms with E-state index in [1.165, 1.54) is 11.3 Å². The third-order valence-corrected chi connectivity index (χ3v) is 4.34. The number of nitrogens with one attached hydrogen (secondary N) is 3. The summed E-state index contributed by atoms with van der Waals surface area (Å²) < 4.78 is 0. The maximum Gasteiger partial charge on any atom is 0.265 e. The van der Waals surface area contributed by atoms with Crippen molar-refractivity contribution in [3.05, 3.63) is 4.88 Å². The molecule has 1 fully saturated rings. The molecule has 0 unspecified atom stereocenters. The summed E-state index contributed by atoms with van der Waals surface area (Å²) in [6.07, 6.45) is 1.01. The van der Waals surface area contributed by atoms with Crippen LogP contribution < -0.4 is 21.7 Å². The maximum atomic E-state index is 12.1. The van der Waals surface area contributed by atoms with Crippen LogP contribution in [0.1, 0.15) is 23.0 Å². The molecule has 0 aliphatic carbocycles. The Hall–Kier alpha value is -1.38. The smallest absolute Gasteiger partial charge is 0.265 e. The van der Waals surface area contributed by atoms with E-state index in [1.54, 1.807) is 0 Å². The number of thiazole rings is 1. The molecule has 0 radical (unpaired) electrons. The molecule has 0 atom stereocenters. The largest absolute Gasteiger partial charge is 0.382 e. The first-order valence-electron chi connectivity index (χ1n) is 7.42. The van der Waals surface area contributed by atoms with Crippen LogP contribution in [0, 0.1) is 0 Å². The lowest BCUT2D eigenvalue weighted by Gasteiger charge is -2.26. The summed E-state index contributed by atoms with van der Waals surface area (Å²) in [6.45, 7) is 8.50. The number of rotatable bonds is 7. The van der Waals surface area contributed by atoms with Crippen LogP contribution in [0.25, 0.3) is 0 Å². The SMILES string of the molecule is CCCNc1nc(N)c(C(=O)NCCN2CCNCC2)s1. The summed E-state index contributed by atoms with van der Waals surface area (Å²) in [5, 5.41) is 10.1. The number of piperazine rings is 1. The number of amides is 1. The average molecular weight is 312 g/mol. The fourth-order valence-electron chi connectivity index (χ4n) is 2.14. The van der Waals surface area contributed by atoms with Crippen molar-refractivity contribution in [2.24, 2.45) is 0 Å². The van der Waals surface area contributed by atoms with Gasteiger partial charge in [-0.15, -0.1) is 0 Å². The number of nitrogens with zero attached hydrogens (tertiary/aromatic N) is 2. The second kappa shape index (κ2) is 8.16. The molecular weight excluding hydrogens is 288 g/mol. The van der Waals surface area contributed by atoms with E-state index in [0.29, 0.717) is 22.4 Å². The molecule has 0 spiro atoms. The van der Waals surface area contributed by atoms with Crippen LogP contribution in [0.5, 0.6) is 0 Å². The van der Waals surface area contributed by atoms with Gasteiger partial charge in [0.05, 0.1) is 0 Å². The fraction of sp³-hybridized carbons (Fsp3) is 0.692. The van der Waals surface area contributed by atoms with Gasteiger partial charge in [-0.3, -0.25) is 9.69 Å². The van der Waals surface area contributed by atoms with Crippen LogP contribution in [-0.2, 0) is 0 Å². The van der Waals surface area contributed by atoms with Crippen molar-refractivity contribution in [2.75, 3.05) is 56.9 Å². The molecule has 0 aromatic carbocycles. The third-order valence-electron chi connectivity index (χ3n) is 3.31. The highest BCUT2D eigenvalue weighted by atomic mass is 32.1. The molecule has 0 saturated carbocycles. The highest BCUT2D eigenvalue weighted by molar-refractivity contribution is 7.18. The van der Waals surface area contributed by atoms with Crippen molar-refractivity contribution >= 4 is 28.2 Å². The molecule has 1 aliphatic heterocycles. The predicted molar refractivity (Wildman–Crippen MR) is 87.0 cm³/mol. The van der Waals surface area contributed by atoms with Crippen molar-refractivity contribution < 1.29 is 4.79 Å². The molecular formula is C13H24N6OS. The summed E-state index contributed by atoms with van der Waals surface area (Å²) in [4.78, 5) is 19.1. The van der Waals surface area contributed by atoms with Crippen molar-refractivity contribution in [1.82, 2.24) is 20.5 Å². The first kappa shape index (κ1) is 16.0. The molecule has 7 nitrogen and oxygen atoms in total. The number of carbonyl (C=O) groups excluding carboxylic acids is 1. The first-order chi connectivity index (χ1) is 10.2. The van der Waals surface area contributed by atoms with Gasteiger partial charge in [0.2, 0.25) is 0 Å². The van der Waals surface area contributed by atoms with Crippen LogP contribution in [0.4, 0.5) is 10.9 Å². The Labute approximate surface area is 129 Å². The molecule has 0 bridgehead atoms. The Morgan fingerprint density at radius 3 is 2.90 bits per heavy atom. The number of hydrogen-bond donors (Lipinski definition) is 4. The van der Waals surface area contributed by atoms with Gasteiger partial charge in [-0.1, -0.05) is 18.3 Å². The zero-order chi connectivity index (χ0) is 15.1. The van der Waals surface area contributed by atoms with Gasteiger partial charge in [-0.05, 0) is 6.42 Å². The summed E-state index contributed by atoms with van der Waals surface area (Å²) in [7, 11) is 0. The second-order valence-corrected chi connectivity index (χ2v) is 6.01. The first-order valence-corrected chi connectivity index (χ1v) is 8.23. The predicted octanol–water partition coefficient (Wildman–Crippen LogP) is 0.182. The molecule has 1 aromatic rings. The third kappa shape index (κ3) is 4.83. The zero-order valence-corrected chi connectivity index (χ0v) is 13.3. The van der Waals surface area contributed by atoms with E-state index in [0.717, 1.165) is 45.7 Å². The maximum absolute atomic E-state index is 12.1. The van der Waals surface area contributed by atoms with E-state index in [4.69, 9.17) is 5.73 Å². The number of aromatic nitrogens is 1. The molecule has 1 aliphatic rings. The highest BCUT2D eigenvalue weighted by Gasteiger charge is 2.16. The van der Waals surface area contributed by atoms with Crippen molar-refractivity contribution in [3.8, 4) is 0 Å². The van der Waals surface area contributed by atoms with E-state index in [1.807, 2.05) is 0 Å². The van der Waals surface area contributed by atoms with Gasteiger partial charge in [0, 0.05) is 45.8 Å². The summed E-state index contributed by atoms with van der Waals surface area (Å²) in [6, 6.07) is 0. The highest BCUT2D eigenvalue weighted by Crippen LogP contribution is 2.24. The lowest BCUT2D eigenvalue weighted by Crippen LogP contribution is -2.46. The van der Waals surface area contributed by atoms with Gasteiger partial charge in [0.25, 0.3) is 5.91 Å². The number of nitrogen functional groups attached to an aromatic ring is 1. The van der Waals surface area contributed by atoms with Crippen molar-refractivity contribution in [2.45, 2.75) is 13.3 Å². The van der Waals surface area contributed by atoms with E-state index in [2.05, 4.69) is 32.8 Å². The topological polar surface area (TPSA) is 95.3 Å². The minimum absolute atomic E-state index is 0.135. The molecule has 2 rings (SSSR count). The summed E-state index contributed by atoms with van der Waals surface area (Å²) in [5.74, 6) is 0.169. The van der Waals surface area contributed by atoms with Gasteiger partial charge in [-0.25, -0.2) is 4.98 Å². The van der Waals surface area contributed by atoms with E-state index in [-0.39, 0.29) is 5.91 Å². The number of hydrogen-bond acceptors (Lipinski definition) is 7.